The fourth-order valence-corrected chi connectivity index (χ4v) is 2.95. The first-order valence-corrected chi connectivity index (χ1v) is 8.97. The molecular formula is C20H17F3N6O. The van der Waals surface area contributed by atoms with Crippen molar-refractivity contribution >= 4 is 0 Å². The molecule has 30 heavy (non-hydrogen) atoms. The predicted octanol–water partition coefficient (Wildman–Crippen LogP) is 3.98. The molecule has 0 unspecified atom stereocenters. The number of aryl methyl sites for hydroxylation is 1. The van der Waals surface area contributed by atoms with Crippen LogP contribution in [0, 0.1) is 6.92 Å². The van der Waals surface area contributed by atoms with Crippen molar-refractivity contribution in [2.24, 2.45) is 0 Å². The summed E-state index contributed by atoms with van der Waals surface area (Å²) in [6.45, 7) is 1.89. The summed E-state index contributed by atoms with van der Waals surface area (Å²) in [4.78, 5) is 13.1. The Balaban J connectivity index is 1.55. The summed E-state index contributed by atoms with van der Waals surface area (Å²) in [5, 5.41) is 6.97. The number of aromatic nitrogens is 6. The van der Waals surface area contributed by atoms with Crippen molar-refractivity contribution in [1.29, 1.82) is 0 Å². The highest BCUT2D eigenvalue weighted by Gasteiger charge is 2.29. The van der Waals surface area contributed by atoms with Gasteiger partial charge >= 0.3 is 6.18 Å². The molecule has 1 N–H and O–H groups in total. The van der Waals surface area contributed by atoms with E-state index in [1.54, 1.807) is 17.0 Å². The summed E-state index contributed by atoms with van der Waals surface area (Å²) in [5.41, 5.74) is 2.09. The Bertz CT molecular complexity index is 1160. The number of nitrogens with zero attached hydrogens (tertiary/aromatic N) is 5. The van der Waals surface area contributed by atoms with E-state index in [0.29, 0.717) is 35.2 Å². The van der Waals surface area contributed by atoms with E-state index >= 15 is 0 Å². The number of aromatic amines is 1. The molecular weight excluding hydrogens is 397 g/mol. The minimum Gasteiger partial charge on any atom is -0.479 e. The van der Waals surface area contributed by atoms with Crippen molar-refractivity contribution in [3.05, 3.63) is 71.6 Å². The van der Waals surface area contributed by atoms with Crippen LogP contribution < -0.4 is 4.74 Å². The molecule has 0 bridgehead atoms. The van der Waals surface area contributed by atoms with Crippen LogP contribution in [0.3, 0.4) is 0 Å². The molecule has 154 valence electrons. The molecule has 4 aromatic rings. The van der Waals surface area contributed by atoms with Crippen molar-refractivity contribution in [2.75, 3.05) is 7.11 Å². The summed E-state index contributed by atoms with van der Waals surface area (Å²) < 4.78 is 45.3. The van der Waals surface area contributed by atoms with Gasteiger partial charge < -0.3 is 9.30 Å². The first kappa shape index (κ1) is 19.6. The van der Waals surface area contributed by atoms with Crippen LogP contribution in [-0.2, 0) is 12.6 Å². The largest absolute Gasteiger partial charge is 0.479 e. The van der Waals surface area contributed by atoms with Crippen molar-refractivity contribution in [2.45, 2.75) is 19.5 Å². The van der Waals surface area contributed by atoms with E-state index in [4.69, 9.17) is 4.74 Å². The number of ether oxygens (including phenoxy) is 1. The van der Waals surface area contributed by atoms with Crippen molar-refractivity contribution in [3.63, 3.8) is 0 Å². The number of nitrogens with one attached hydrogen (secondary N) is 1. The normalized spacial score (nSPS) is 11.6. The number of imidazole rings is 1. The quantitative estimate of drug-likeness (QED) is 0.534. The Hall–Kier alpha value is -3.69. The average Bonchev–Trinajstić information content (AvgIpc) is 3.36. The Kier molecular flexibility index (Phi) is 4.98. The predicted molar refractivity (Wildman–Crippen MR) is 102 cm³/mol. The van der Waals surface area contributed by atoms with E-state index in [2.05, 4.69) is 25.1 Å². The van der Waals surface area contributed by atoms with Gasteiger partial charge in [0.25, 0.3) is 0 Å². The number of pyridine rings is 1. The van der Waals surface area contributed by atoms with Gasteiger partial charge in [-0.15, -0.1) is 0 Å². The fourth-order valence-electron chi connectivity index (χ4n) is 2.95. The Morgan fingerprint density at radius 1 is 1.07 bits per heavy atom. The van der Waals surface area contributed by atoms with E-state index in [0.717, 1.165) is 23.5 Å². The van der Waals surface area contributed by atoms with Gasteiger partial charge in [0.1, 0.15) is 17.2 Å². The van der Waals surface area contributed by atoms with E-state index in [-0.39, 0.29) is 0 Å². The van der Waals surface area contributed by atoms with Gasteiger partial charge in [-0.2, -0.15) is 18.3 Å². The summed E-state index contributed by atoms with van der Waals surface area (Å²) in [5.74, 6) is 1.27. The first-order valence-electron chi connectivity index (χ1n) is 8.97. The maximum absolute atomic E-state index is 12.7. The third-order valence-corrected chi connectivity index (χ3v) is 4.44. The molecule has 0 aliphatic carbocycles. The molecule has 10 heteroatoms. The molecule has 0 aliphatic heterocycles. The van der Waals surface area contributed by atoms with Gasteiger partial charge in [-0.1, -0.05) is 12.1 Å². The second-order valence-electron chi connectivity index (χ2n) is 6.62. The molecule has 3 heterocycles. The average molecular weight is 414 g/mol. The minimum atomic E-state index is -4.36. The first-order chi connectivity index (χ1) is 14.3. The van der Waals surface area contributed by atoms with Crippen LogP contribution in [-0.4, -0.2) is 36.8 Å². The standard InChI is InChI=1S/C20H17F3N6O/c1-12-10-29(11-24-12)16-8-7-15(25-19(16)30-2)18-26-17(27-28-18)9-13-3-5-14(6-4-13)20(21,22)23/h3-8,10-11H,9H2,1-2H3,(H,26,27,28). The monoisotopic (exact) mass is 414 g/mol. The number of hydrogen-bond donors (Lipinski definition) is 1. The maximum Gasteiger partial charge on any atom is 0.416 e. The third-order valence-electron chi connectivity index (χ3n) is 4.44. The highest BCUT2D eigenvalue weighted by atomic mass is 19.4. The number of halogens is 3. The molecule has 0 fully saturated rings. The molecule has 0 saturated heterocycles. The number of hydrogen-bond acceptors (Lipinski definition) is 5. The van der Waals surface area contributed by atoms with Gasteiger partial charge in [-0.25, -0.2) is 15.0 Å². The Morgan fingerprint density at radius 3 is 2.47 bits per heavy atom. The number of benzene rings is 1. The van der Waals surface area contributed by atoms with Crippen LogP contribution in [0.25, 0.3) is 17.2 Å². The molecule has 7 nitrogen and oxygen atoms in total. The second kappa shape index (κ2) is 7.62. The second-order valence-corrected chi connectivity index (χ2v) is 6.62. The molecule has 0 atom stereocenters. The van der Waals surface area contributed by atoms with Gasteiger partial charge in [-0.05, 0) is 36.8 Å². The Labute approximate surface area is 169 Å². The smallest absolute Gasteiger partial charge is 0.416 e. The van der Waals surface area contributed by atoms with Gasteiger partial charge in [0, 0.05) is 12.6 Å². The van der Waals surface area contributed by atoms with Crippen LogP contribution in [0.2, 0.25) is 0 Å². The molecule has 0 spiro atoms. The fraction of sp³-hybridized carbons (Fsp3) is 0.200. The molecule has 0 saturated carbocycles. The van der Waals surface area contributed by atoms with Crippen LogP contribution >= 0.6 is 0 Å². The lowest BCUT2D eigenvalue weighted by atomic mass is 10.1. The van der Waals surface area contributed by atoms with E-state index in [9.17, 15) is 13.2 Å². The van der Waals surface area contributed by atoms with Gasteiger partial charge in [-0.3, -0.25) is 5.10 Å². The summed E-state index contributed by atoms with van der Waals surface area (Å²) in [7, 11) is 1.52. The van der Waals surface area contributed by atoms with Crippen molar-refractivity contribution in [1.82, 2.24) is 29.7 Å². The van der Waals surface area contributed by atoms with Crippen LogP contribution in [0.15, 0.2) is 48.9 Å². The lowest BCUT2D eigenvalue weighted by Gasteiger charge is -2.08. The summed E-state index contributed by atoms with van der Waals surface area (Å²) >= 11 is 0. The lowest BCUT2D eigenvalue weighted by Crippen LogP contribution is -2.04. The minimum absolute atomic E-state index is 0.314. The summed E-state index contributed by atoms with van der Waals surface area (Å²) in [6.07, 6.45) is -0.517. The van der Waals surface area contributed by atoms with E-state index in [1.807, 2.05) is 19.2 Å². The van der Waals surface area contributed by atoms with E-state index in [1.165, 1.54) is 19.2 Å². The van der Waals surface area contributed by atoms with Gasteiger partial charge in [0.2, 0.25) is 5.88 Å². The van der Waals surface area contributed by atoms with Gasteiger partial charge in [0.05, 0.1) is 24.7 Å². The molecule has 3 aromatic heterocycles. The molecule has 0 radical (unpaired) electrons. The maximum atomic E-state index is 12.7. The summed E-state index contributed by atoms with van der Waals surface area (Å²) in [6, 6.07) is 8.54. The topological polar surface area (TPSA) is 81.5 Å². The number of methoxy groups -OCH3 is 1. The molecule has 4 rings (SSSR count). The number of alkyl halides is 3. The zero-order valence-electron chi connectivity index (χ0n) is 16.1. The lowest BCUT2D eigenvalue weighted by molar-refractivity contribution is -0.137. The van der Waals surface area contributed by atoms with Gasteiger partial charge in [0.15, 0.2) is 5.82 Å². The molecule has 1 aromatic carbocycles. The third kappa shape index (κ3) is 4.02. The number of rotatable bonds is 5. The Morgan fingerprint density at radius 2 is 1.83 bits per heavy atom. The highest BCUT2D eigenvalue weighted by Crippen LogP contribution is 2.29. The van der Waals surface area contributed by atoms with Crippen LogP contribution in [0.4, 0.5) is 13.2 Å². The van der Waals surface area contributed by atoms with Crippen LogP contribution in [0.5, 0.6) is 5.88 Å². The zero-order chi connectivity index (χ0) is 21.3. The molecule has 0 amide bonds. The number of H-pyrrole nitrogens is 1. The van der Waals surface area contributed by atoms with E-state index < -0.39 is 11.7 Å². The molecule has 0 aliphatic rings. The van der Waals surface area contributed by atoms with Crippen molar-refractivity contribution < 1.29 is 17.9 Å². The highest BCUT2D eigenvalue weighted by molar-refractivity contribution is 5.55. The van der Waals surface area contributed by atoms with Crippen LogP contribution in [0.1, 0.15) is 22.6 Å². The van der Waals surface area contributed by atoms with Crippen molar-refractivity contribution in [3.8, 4) is 23.1 Å². The zero-order valence-corrected chi connectivity index (χ0v) is 16.1. The SMILES string of the molecule is COc1nc(-c2n[nH]c(Cc3ccc(C(F)(F)F)cc3)n2)ccc1-n1cnc(C)c1.